The second-order valence-corrected chi connectivity index (χ2v) is 8.16. The monoisotopic (exact) mass is 379 g/mol. The Bertz CT molecular complexity index is 910. The summed E-state index contributed by atoms with van der Waals surface area (Å²) in [4.78, 5) is 8.84. The maximum atomic E-state index is 13.3. The van der Waals surface area contributed by atoms with Gasteiger partial charge in [0.2, 0.25) is 16.0 Å². The fourth-order valence-electron chi connectivity index (χ4n) is 2.37. The number of hydrogen-bond acceptors (Lipinski definition) is 5. The fourth-order valence-corrected chi connectivity index (χ4v) is 2.74. The molecule has 6 nitrogen and oxygen atoms in total. The van der Waals surface area contributed by atoms with Crippen LogP contribution in [-0.2, 0) is 10.0 Å². The van der Waals surface area contributed by atoms with Crippen LogP contribution in [0, 0.1) is 5.82 Å². The Morgan fingerprint density at radius 2 is 1.85 bits per heavy atom. The van der Waals surface area contributed by atoms with Crippen LogP contribution in [0.3, 0.4) is 0 Å². The quantitative estimate of drug-likeness (QED) is 0.834. The summed E-state index contributed by atoms with van der Waals surface area (Å²) in [5.74, 6) is -0.369. The van der Waals surface area contributed by atoms with E-state index in [2.05, 4.69) is 9.97 Å². The molecule has 0 saturated carbocycles. The van der Waals surface area contributed by atoms with Crippen LogP contribution in [0.5, 0.6) is 0 Å². The highest BCUT2D eigenvalue weighted by Crippen LogP contribution is 2.31. The fraction of sp³-hybridized carbons (Fsp3) is 0.333. The summed E-state index contributed by atoms with van der Waals surface area (Å²) in [5, 5.41) is 9.14. The second-order valence-electron chi connectivity index (χ2n) is 6.15. The maximum Gasteiger partial charge on any atom is 0.239 e. The molecule has 0 unspecified atom stereocenters. The molecule has 0 amide bonds. The topological polar surface area (TPSA) is 83.4 Å². The molecule has 1 heterocycles. The van der Waals surface area contributed by atoms with E-state index >= 15 is 0 Å². The lowest BCUT2D eigenvalue weighted by Gasteiger charge is -2.20. The van der Waals surface area contributed by atoms with E-state index < -0.39 is 10.0 Å². The van der Waals surface area contributed by atoms with Crippen LogP contribution in [0.15, 0.2) is 30.3 Å². The Labute approximate surface area is 153 Å². The van der Waals surface area contributed by atoms with Crippen molar-refractivity contribution >= 4 is 22.0 Å². The first kappa shape index (κ1) is 20.0. The van der Waals surface area contributed by atoms with Gasteiger partial charge >= 0.3 is 0 Å². The van der Waals surface area contributed by atoms with Gasteiger partial charge in [-0.25, -0.2) is 27.1 Å². The molecule has 2 rings (SSSR count). The average Bonchev–Trinajstić information content (AvgIpc) is 2.58. The summed E-state index contributed by atoms with van der Waals surface area (Å²) in [5.41, 5.74) is 2.39. The van der Waals surface area contributed by atoms with Crippen molar-refractivity contribution in [3.8, 4) is 11.3 Å². The molecule has 0 radical (unpaired) electrons. The summed E-state index contributed by atoms with van der Waals surface area (Å²) < 4.78 is 38.1. The van der Waals surface area contributed by atoms with Crippen molar-refractivity contribution in [2.24, 2.45) is 0 Å². The highest BCUT2D eigenvalue weighted by Gasteiger charge is 2.21. The van der Waals surface area contributed by atoms with Crippen LogP contribution in [0.2, 0.25) is 0 Å². The third kappa shape index (κ3) is 4.44. The van der Waals surface area contributed by atoms with Gasteiger partial charge in [-0.1, -0.05) is 26.0 Å². The highest BCUT2D eigenvalue weighted by molar-refractivity contribution is 7.92. The summed E-state index contributed by atoms with van der Waals surface area (Å²) in [6.45, 7) is 3.69. The summed E-state index contributed by atoms with van der Waals surface area (Å²) in [7, 11) is -2.16. The van der Waals surface area contributed by atoms with E-state index in [1.165, 1.54) is 19.2 Å². The van der Waals surface area contributed by atoms with Crippen LogP contribution in [0.25, 0.3) is 17.3 Å². The van der Waals surface area contributed by atoms with Crippen LogP contribution in [-0.4, -0.2) is 43.4 Å². The van der Waals surface area contributed by atoms with Gasteiger partial charge < -0.3 is 5.11 Å². The molecule has 0 aliphatic rings. The maximum absolute atomic E-state index is 13.3. The SMILES string of the molecule is CC(C)c1nc(N(C)S(C)(=O)=O)nc(-c2ccc(F)cc2)c1C=CCO. The number of halogens is 1. The summed E-state index contributed by atoms with van der Waals surface area (Å²) in [6.07, 6.45) is 4.32. The zero-order valence-corrected chi connectivity index (χ0v) is 16.0. The minimum Gasteiger partial charge on any atom is -0.392 e. The lowest BCUT2D eigenvalue weighted by Crippen LogP contribution is -2.27. The largest absolute Gasteiger partial charge is 0.392 e. The predicted molar refractivity (Wildman–Crippen MR) is 101 cm³/mol. The molecule has 0 aliphatic carbocycles. The Hall–Kier alpha value is -2.32. The number of nitrogens with zero attached hydrogens (tertiary/aromatic N) is 3. The normalized spacial score (nSPS) is 12.1. The molecule has 26 heavy (non-hydrogen) atoms. The van der Waals surface area contributed by atoms with Crippen molar-refractivity contribution < 1.29 is 17.9 Å². The van der Waals surface area contributed by atoms with Gasteiger partial charge in [0.05, 0.1) is 24.3 Å². The predicted octanol–water partition coefficient (Wildman–Crippen LogP) is 2.81. The van der Waals surface area contributed by atoms with Gasteiger partial charge in [-0.05, 0) is 30.2 Å². The van der Waals surface area contributed by atoms with Crippen molar-refractivity contribution in [3.05, 3.63) is 47.4 Å². The molecule has 2 aromatic rings. The van der Waals surface area contributed by atoms with Crippen molar-refractivity contribution in [2.45, 2.75) is 19.8 Å². The Kier molecular flexibility index (Phi) is 6.09. The van der Waals surface area contributed by atoms with Gasteiger partial charge in [0, 0.05) is 18.2 Å². The average molecular weight is 379 g/mol. The van der Waals surface area contributed by atoms with Crippen molar-refractivity contribution in [3.63, 3.8) is 0 Å². The minimum absolute atomic E-state index is 0.0257. The van der Waals surface area contributed by atoms with Gasteiger partial charge in [-0.2, -0.15) is 0 Å². The number of aliphatic hydroxyl groups is 1. The Morgan fingerprint density at radius 3 is 2.35 bits per heavy atom. The number of aromatic nitrogens is 2. The lowest BCUT2D eigenvalue weighted by molar-refractivity contribution is 0.343. The van der Waals surface area contributed by atoms with Crippen LogP contribution < -0.4 is 4.31 Å². The molecular weight excluding hydrogens is 357 g/mol. The first-order valence-electron chi connectivity index (χ1n) is 8.04. The van der Waals surface area contributed by atoms with E-state index in [9.17, 15) is 12.8 Å². The van der Waals surface area contributed by atoms with E-state index in [1.807, 2.05) is 13.8 Å². The zero-order valence-electron chi connectivity index (χ0n) is 15.1. The van der Waals surface area contributed by atoms with Crippen molar-refractivity contribution in [2.75, 3.05) is 24.2 Å². The second kappa shape index (κ2) is 7.92. The van der Waals surface area contributed by atoms with E-state index in [-0.39, 0.29) is 24.3 Å². The number of rotatable bonds is 6. The lowest BCUT2D eigenvalue weighted by atomic mass is 9.98. The third-order valence-corrected chi connectivity index (χ3v) is 4.96. The molecular formula is C18H22FN3O3S. The van der Waals surface area contributed by atoms with E-state index in [0.717, 1.165) is 10.6 Å². The number of aliphatic hydroxyl groups excluding tert-OH is 1. The number of benzene rings is 1. The standard InChI is InChI=1S/C18H22FN3O3S/c1-12(2)16-15(6-5-11-23)17(13-7-9-14(19)10-8-13)21-18(20-16)22(3)26(4,24)25/h5-10,12,23H,11H2,1-4H3. The van der Waals surface area contributed by atoms with Gasteiger partial charge in [0.15, 0.2) is 0 Å². The molecule has 1 aromatic carbocycles. The molecule has 1 aromatic heterocycles. The van der Waals surface area contributed by atoms with Crippen LogP contribution in [0.1, 0.15) is 31.0 Å². The van der Waals surface area contributed by atoms with Gasteiger partial charge in [-0.3, -0.25) is 0 Å². The Morgan fingerprint density at radius 1 is 1.23 bits per heavy atom. The smallest absolute Gasteiger partial charge is 0.239 e. The first-order valence-corrected chi connectivity index (χ1v) is 9.89. The first-order chi connectivity index (χ1) is 12.1. The van der Waals surface area contributed by atoms with Crippen LogP contribution in [0.4, 0.5) is 10.3 Å². The number of hydrogen-bond donors (Lipinski definition) is 1. The van der Waals surface area contributed by atoms with E-state index in [1.54, 1.807) is 24.3 Å². The number of anilines is 1. The number of sulfonamides is 1. The zero-order chi connectivity index (χ0) is 19.5. The highest BCUT2D eigenvalue weighted by atomic mass is 32.2. The molecule has 0 fully saturated rings. The summed E-state index contributed by atoms with van der Waals surface area (Å²) in [6, 6.07) is 5.77. The molecule has 140 valence electrons. The van der Waals surface area contributed by atoms with E-state index in [0.29, 0.717) is 22.5 Å². The van der Waals surface area contributed by atoms with Crippen LogP contribution >= 0.6 is 0 Å². The molecule has 0 atom stereocenters. The van der Waals surface area contributed by atoms with Gasteiger partial charge in [0.25, 0.3) is 0 Å². The molecule has 0 saturated heterocycles. The van der Waals surface area contributed by atoms with E-state index in [4.69, 9.17) is 5.11 Å². The molecule has 0 bridgehead atoms. The molecule has 0 spiro atoms. The minimum atomic E-state index is -3.54. The van der Waals surface area contributed by atoms with Gasteiger partial charge in [0.1, 0.15) is 5.82 Å². The Balaban J connectivity index is 2.81. The summed E-state index contributed by atoms with van der Waals surface area (Å²) >= 11 is 0. The van der Waals surface area contributed by atoms with Gasteiger partial charge in [-0.15, -0.1) is 0 Å². The molecule has 1 N–H and O–H groups in total. The molecule has 8 heteroatoms. The van der Waals surface area contributed by atoms with Crippen molar-refractivity contribution in [1.82, 2.24) is 9.97 Å². The van der Waals surface area contributed by atoms with Crippen molar-refractivity contribution in [1.29, 1.82) is 0 Å². The third-order valence-electron chi connectivity index (χ3n) is 3.80. The molecule has 0 aliphatic heterocycles.